The number of amides is 1. The number of benzene rings is 2. The van der Waals surface area contributed by atoms with Gasteiger partial charge >= 0.3 is 0 Å². The number of rotatable bonds is 3. The Bertz CT molecular complexity index is 1100. The van der Waals surface area contributed by atoms with E-state index in [4.69, 9.17) is 0 Å². The summed E-state index contributed by atoms with van der Waals surface area (Å²) in [6.45, 7) is 3.98. The summed E-state index contributed by atoms with van der Waals surface area (Å²) in [6.07, 6.45) is 3.66. The van der Waals surface area contributed by atoms with E-state index in [9.17, 15) is 4.79 Å². The summed E-state index contributed by atoms with van der Waals surface area (Å²) in [4.78, 5) is 12.8. The predicted octanol–water partition coefficient (Wildman–Crippen LogP) is 3.83. The van der Waals surface area contributed by atoms with Crippen LogP contribution < -0.4 is 5.32 Å². The molecule has 0 saturated heterocycles. The fraction of sp³-hybridized carbons (Fsp3) is 0.150. The van der Waals surface area contributed by atoms with Gasteiger partial charge in [-0.25, -0.2) is 0 Å². The monoisotopic (exact) mass is 345 g/mol. The number of aromatic amines is 1. The normalized spacial score (nSPS) is 11.0. The average molecular weight is 345 g/mol. The van der Waals surface area contributed by atoms with Gasteiger partial charge in [-0.2, -0.15) is 10.2 Å². The number of aryl methyl sites for hydroxylation is 3. The van der Waals surface area contributed by atoms with Gasteiger partial charge in [0, 0.05) is 35.4 Å². The van der Waals surface area contributed by atoms with Crippen molar-refractivity contribution in [1.82, 2.24) is 20.0 Å². The lowest BCUT2D eigenvalue weighted by molar-refractivity contribution is 0.102. The van der Waals surface area contributed by atoms with E-state index < -0.39 is 0 Å². The lowest BCUT2D eigenvalue weighted by Gasteiger charge is -2.11. The lowest BCUT2D eigenvalue weighted by atomic mass is 10.1. The fourth-order valence-electron chi connectivity index (χ4n) is 3.12. The summed E-state index contributed by atoms with van der Waals surface area (Å²) < 4.78 is 1.73. The molecule has 0 aliphatic carbocycles. The summed E-state index contributed by atoms with van der Waals surface area (Å²) >= 11 is 0. The minimum atomic E-state index is -0.136. The number of nitrogens with one attached hydrogen (secondary N) is 2. The Morgan fingerprint density at radius 3 is 2.62 bits per heavy atom. The molecular formula is C20H19N5O. The van der Waals surface area contributed by atoms with Crippen LogP contribution in [0.25, 0.3) is 22.2 Å². The van der Waals surface area contributed by atoms with Crippen LogP contribution in [-0.2, 0) is 7.05 Å². The average Bonchev–Trinajstić information content (AvgIpc) is 3.23. The van der Waals surface area contributed by atoms with E-state index in [1.54, 1.807) is 16.9 Å². The van der Waals surface area contributed by atoms with Crippen LogP contribution in [0.2, 0.25) is 0 Å². The van der Waals surface area contributed by atoms with E-state index in [0.717, 1.165) is 39.0 Å². The van der Waals surface area contributed by atoms with Gasteiger partial charge in [-0.3, -0.25) is 14.6 Å². The molecule has 0 fully saturated rings. The fourth-order valence-corrected chi connectivity index (χ4v) is 3.12. The molecule has 0 unspecified atom stereocenters. The number of nitrogens with zero attached hydrogens (tertiary/aromatic N) is 3. The van der Waals surface area contributed by atoms with Crippen molar-refractivity contribution in [3.63, 3.8) is 0 Å². The molecule has 0 radical (unpaired) electrons. The largest absolute Gasteiger partial charge is 0.322 e. The topological polar surface area (TPSA) is 75.6 Å². The first-order chi connectivity index (χ1) is 12.5. The van der Waals surface area contributed by atoms with Gasteiger partial charge < -0.3 is 5.32 Å². The smallest absolute Gasteiger partial charge is 0.255 e. The molecule has 2 heterocycles. The molecule has 4 aromatic rings. The highest BCUT2D eigenvalue weighted by Gasteiger charge is 2.14. The summed E-state index contributed by atoms with van der Waals surface area (Å²) in [5, 5.41) is 15.5. The zero-order chi connectivity index (χ0) is 18.3. The van der Waals surface area contributed by atoms with Crippen molar-refractivity contribution in [2.24, 2.45) is 7.05 Å². The Morgan fingerprint density at radius 2 is 1.92 bits per heavy atom. The molecule has 6 heteroatoms. The highest BCUT2D eigenvalue weighted by molar-refractivity contribution is 6.08. The van der Waals surface area contributed by atoms with Crippen LogP contribution in [0.1, 0.15) is 21.5 Å². The van der Waals surface area contributed by atoms with Crippen molar-refractivity contribution in [1.29, 1.82) is 0 Å². The van der Waals surface area contributed by atoms with Crippen LogP contribution in [-0.4, -0.2) is 25.9 Å². The molecule has 0 aliphatic rings. The minimum Gasteiger partial charge on any atom is -0.322 e. The van der Waals surface area contributed by atoms with Gasteiger partial charge in [0.25, 0.3) is 5.91 Å². The minimum absolute atomic E-state index is 0.136. The number of aromatic nitrogens is 4. The van der Waals surface area contributed by atoms with Gasteiger partial charge in [0.05, 0.1) is 11.7 Å². The molecule has 0 bridgehead atoms. The summed E-state index contributed by atoms with van der Waals surface area (Å²) in [7, 11) is 1.86. The molecule has 0 spiro atoms. The first kappa shape index (κ1) is 16.1. The van der Waals surface area contributed by atoms with Gasteiger partial charge in [0.15, 0.2) is 0 Å². The second kappa shape index (κ2) is 6.15. The maximum Gasteiger partial charge on any atom is 0.255 e. The van der Waals surface area contributed by atoms with E-state index in [0.29, 0.717) is 5.56 Å². The van der Waals surface area contributed by atoms with Gasteiger partial charge in [0.2, 0.25) is 0 Å². The molecule has 2 aromatic heterocycles. The van der Waals surface area contributed by atoms with Crippen molar-refractivity contribution in [3.8, 4) is 11.3 Å². The van der Waals surface area contributed by atoms with Crippen molar-refractivity contribution < 1.29 is 4.79 Å². The first-order valence-corrected chi connectivity index (χ1v) is 8.37. The Hall–Kier alpha value is -3.41. The maximum atomic E-state index is 12.8. The van der Waals surface area contributed by atoms with Gasteiger partial charge in [-0.05, 0) is 43.2 Å². The third-order valence-electron chi connectivity index (χ3n) is 4.52. The standard InChI is InChI=1S/C20H19N5O/c1-12-5-4-6-13(2)18(12)22-20(26)14-7-8-17-16(9-14)19(24-23-17)15-10-21-25(3)11-15/h4-11H,1-3H3,(H,22,26)(H,23,24). The molecular weight excluding hydrogens is 326 g/mol. The van der Waals surface area contributed by atoms with E-state index in [1.165, 1.54) is 0 Å². The Kier molecular flexibility index (Phi) is 3.80. The molecule has 130 valence electrons. The molecule has 0 atom stereocenters. The van der Waals surface area contributed by atoms with E-state index in [-0.39, 0.29) is 5.91 Å². The molecule has 26 heavy (non-hydrogen) atoms. The predicted molar refractivity (Wildman–Crippen MR) is 102 cm³/mol. The number of carbonyl (C=O) groups is 1. The van der Waals surface area contributed by atoms with Crippen molar-refractivity contribution in [2.45, 2.75) is 13.8 Å². The third-order valence-corrected chi connectivity index (χ3v) is 4.52. The molecule has 0 aliphatic heterocycles. The highest BCUT2D eigenvalue weighted by Crippen LogP contribution is 2.27. The number of hydrogen-bond acceptors (Lipinski definition) is 3. The molecule has 0 saturated carbocycles. The van der Waals surface area contributed by atoms with E-state index >= 15 is 0 Å². The second-order valence-corrected chi connectivity index (χ2v) is 6.46. The maximum absolute atomic E-state index is 12.8. The van der Waals surface area contributed by atoms with Crippen LogP contribution >= 0.6 is 0 Å². The second-order valence-electron chi connectivity index (χ2n) is 6.46. The van der Waals surface area contributed by atoms with Crippen LogP contribution in [0, 0.1) is 13.8 Å². The number of anilines is 1. The van der Waals surface area contributed by atoms with Crippen LogP contribution in [0.15, 0.2) is 48.8 Å². The molecule has 2 N–H and O–H groups in total. The summed E-state index contributed by atoms with van der Waals surface area (Å²) in [5.74, 6) is -0.136. The number of fused-ring (bicyclic) bond motifs is 1. The zero-order valence-electron chi connectivity index (χ0n) is 14.9. The molecule has 2 aromatic carbocycles. The van der Waals surface area contributed by atoms with Crippen LogP contribution in [0.3, 0.4) is 0 Å². The van der Waals surface area contributed by atoms with Crippen molar-refractivity contribution in [3.05, 3.63) is 65.5 Å². The first-order valence-electron chi connectivity index (χ1n) is 8.37. The lowest BCUT2D eigenvalue weighted by Crippen LogP contribution is -2.13. The number of para-hydroxylation sites is 1. The van der Waals surface area contributed by atoms with Gasteiger partial charge in [-0.1, -0.05) is 18.2 Å². The number of H-pyrrole nitrogens is 1. The highest BCUT2D eigenvalue weighted by atomic mass is 16.1. The van der Waals surface area contributed by atoms with Crippen LogP contribution in [0.4, 0.5) is 5.69 Å². The zero-order valence-corrected chi connectivity index (χ0v) is 14.9. The molecule has 6 nitrogen and oxygen atoms in total. The third kappa shape index (κ3) is 2.75. The Balaban J connectivity index is 1.72. The summed E-state index contributed by atoms with van der Waals surface area (Å²) in [6, 6.07) is 11.5. The molecule has 1 amide bonds. The molecule has 4 rings (SSSR count). The Morgan fingerprint density at radius 1 is 1.15 bits per heavy atom. The van der Waals surface area contributed by atoms with E-state index in [2.05, 4.69) is 20.6 Å². The van der Waals surface area contributed by atoms with Crippen molar-refractivity contribution in [2.75, 3.05) is 5.32 Å². The number of carbonyl (C=O) groups excluding carboxylic acids is 1. The number of hydrogen-bond donors (Lipinski definition) is 2. The van der Waals surface area contributed by atoms with Crippen molar-refractivity contribution >= 4 is 22.5 Å². The Labute approximate surface area is 150 Å². The van der Waals surface area contributed by atoms with Gasteiger partial charge in [-0.15, -0.1) is 0 Å². The quantitative estimate of drug-likeness (QED) is 0.592. The van der Waals surface area contributed by atoms with Crippen LogP contribution in [0.5, 0.6) is 0 Å². The SMILES string of the molecule is Cc1cccc(C)c1NC(=O)c1ccc2[nH]nc(-c3cnn(C)c3)c2c1. The summed E-state index contributed by atoms with van der Waals surface area (Å²) in [5.41, 5.74) is 6.11. The van der Waals surface area contributed by atoms with E-state index in [1.807, 2.05) is 57.4 Å². The van der Waals surface area contributed by atoms with Gasteiger partial charge in [0.1, 0.15) is 5.69 Å².